The van der Waals surface area contributed by atoms with Crippen LogP contribution in [0.25, 0.3) is 33.1 Å². The van der Waals surface area contributed by atoms with Gasteiger partial charge < -0.3 is 19.6 Å². The number of aromatic nitrogens is 4. The number of benzene rings is 3. The van der Waals surface area contributed by atoms with Gasteiger partial charge in [-0.25, -0.2) is 4.79 Å². The fourth-order valence-corrected chi connectivity index (χ4v) is 5.41. The van der Waals surface area contributed by atoms with Crippen molar-refractivity contribution in [3.8, 4) is 11.4 Å². The first kappa shape index (κ1) is 25.9. The number of H-pyrrole nitrogens is 1. The molecule has 7 nitrogen and oxygen atoms in total. The van der Waals surface area contributed by atoms with Crippen LogP contribution in [-0.2, 0) is 17.7 Å². The fourth-order valence-electron chi connectivity index (χ4n) is 4.47. The van der Waals surface area contributed by atoms with Gasteiger partial charge in [-0.1, -0.05) is 66.4 Å². The predicted molar refractivity (Wildman–Crippen MR) is 155 cm³/mol. The van der Waals surface area contributed by atoms with Crippen molar-refractivity contribution in [2.75, 3.05) is 12.3 Å². The first-order chi connectivity index (χ1) is 18.4. The lowest BCUT2D eigenvalue weighted by atomic mass is 10.1. The van der Waals surface area contributed by atoms with Crippen LogP contribution >= 0.6 is 11.8 Å². The highest BCUT2D eigenvalue weighted by Gasteiger charge is 2.17. The summed E-state index contributed by atoms with van der Waals surface area (Å²) >= 11 is 1.71. The summed E-state index contributed by atoms with van der Waals surface area (Å²) in [6.07, 6.45) is 3.35. The van der Waals surface area contributed by atoms with Crippen LogP contribution in [-0.4, -0.2) is 43.7 Å². The summed E-state index contributed by atoms with van der Waals surface area (Å²) in [5, 5.41) is 16.5. The highest BCUT2D eigenvalue weighted by Crippen LogP contribution is 2.28. The van der Waals surface area contributed by atoms with Gasteiger partial charge in [-0.3, -0.25) is 0 Å². The molecule has 5 aromatic rings. The highest BCUT2D eigenvalue weighted by atomic mass is 32.2. The van der Waals surface area contributed by atoms with Crippen molar-refractivity contribution < 1.29 is 9.53 Å². The lowest BCUT2D eigenvalue weighted by molar-refractivity contribution is 0.0526. The minimum absolute atomic E-state index is 0.399. The smallest absolute Gasteiger partial charge is 0.407 e. The third-order valence-corrected chi connectivity index (χ3v) is 7.20. The van der Waals surface area contributed by atoms with Gasteiger partial charge in [-0.05, 0) is 62.1 Å². The molecule has 38 heavy (non-hydrogen) atoms. The Balaban J connectivity index is 1.31. The van der Waals surface area contributed by atoms with E-state index in [0.717, 1.165) is 40.7 Å². The number of hydrogen-bond acceptors (Lipinski definition) is 5. The molecule has 2 heterocycles. The van der Waals surface area contributed by atoms with E-state index in [0.29, 0.717) is 13.1 Å². The van der Waals surface area contributed by atoms with Gasteiger partial charge in [0.2, 0.25) is 0 Å². The van der Waals surface area contributed by atoms with E-state index >= 15 is 0 Å². The van der Waals surface area contributed by atoms with E-state index in [4.69, 9.17) is 4.74 Å². The Morgan fingerprint density at radius 2 is 1.82 bits per heavy atom. The highest BCUT2D eigenvalue weighted by molar-refractivity contribution is 7.99. The maximum atomic E-state index is 12.1. The summed E-state index contributed by atoms with van der Waals surface area (Å²) in [7, 11) is 0. The van der Waals surface area contributed by atoms with Crippen molar-refractivity contribution in [2.45, 2.75) is 50.9 Å². The number of para-hydroxylation sites is 1. The Morgan fingerprint density at radius 3 is 2.66 bits per heavy atom. The Hall–Kier alpha value is -3.78. The molecule has 0 fully saturated rings. The maximum Gasteiger partial charge on any atom is 0.407 e. The Kier molecular flexibility index (Phi) is 7.69. The molecule has 0 radical (unpaired) electrons. The minimum atomic E-state index is -0.518. The summed E-state index contributed by atoms with van der Waals surface area (Å²) in [6.45, 7) is 6.77. The van der Waals surface area contributed by atoms with Crippen LogP contribution in [0.5, 0.6) is 0 Å². The van der Waals surface area contributed by atoms with Gasteiger partial charge in [0.25, 0.3) is 0 Å². The fraction of sp³-hybridized carbons (Fsp3) is 0.300. The van der Waals surface area contributed by atoms with Crippen molar-refractivity contribution in [1.29, 1.82) is 0 Å². The summed E-state index contributed by atoms with van der Waals surface area (Å²) < 4.78 is 7.53. The number of aromatic amines is 1. The van der Waals surface area contributed by atoms with Crippen LogP contribution < -0.4 is 5.32 Å². The Bertz CT molecular complexity index is 1550. The van der Waals surface area contributed by atoms with Gasteiger partial charge >= 0.3 is 6.09 Å². The Morgan fingerprint density at radius 1 is 1.03 bits per heavy atom. The number of nitrogens with zero attached hydrogens (tertiary/aromatic N) is 3. The molecule has 0 spiro atoms. The molecule has 0 bridgehead atoms. The van der Waals surface area contributed by atoms with Crippen LogP contribution in [0, 0.1) is 0 Å². The Labute approximate surface area is 227 Å². The lowest BCUT2D eigenvalue weighted by Crippen LogP contribution is -2.33. The molecule has 0 atom stereocenters. The van der Waals surface area contributed by atoms with Gasteiger partial charge in [0.05, 0.1) is 0 Å². The van der Waals surface area contributed by atoms with E-state index in [1.54, 1.807) is 11.8 Å². The standard InChI is InChI=1S/C30H33N5O2S/c1-30(2,3)37-29(36)31-16-8-17-35-27(23-14-13-21-9-4-5-10-22(21)19-23)33-34-28(35)38-18-15-24-20-32-26-12-7-6-11-25(24)26/h4-7,9-14,19-20,32H,8,15-18H2,1-3H3,(H,31,36). The molecule has 2 N–H and O–H groups in total. The average molecular weight is 528 g/mol. The zero-order valence-electron chi connectivity index (χ0n) is 22.0. The lowest BCUT2D eigenvalue weighted by Gasteiger charge is -2.19. The normalized spacial score (nSPS) is 11.8. The molecule has 196 valence electrons. The summed E-state index contributed by atoms with van der Waals surface area (Å²) in [4.78, 5) is 15.4. The van der Waals surface area contributed by atoms with E-state index in [2.05, 4.69) is 79.8 Å². The second kappa shape index (κ2) is 11.3. The topological polar surface area (TPSA) is 84.8 Å². The number of fused-ring (bicyclic) bond motifs is 2. The quantitative estimate of drug-likeness (QED) is 0.162. The van der Waals surface area contributed by atoms with Crippen molar-refractivity contribution in [2.24, 2.45) is 0 Å². The molecule has 8 heteroatoms. The van der Waals surface area contributed by atoms with Crippen molar-refractivity contribution in [3.05, 3.63) is 78.5 Å². The summed E-state index contributed by atoms with van der Waals surface area (Å²) in [6, 6.07) is 23.1. The van der Waals surface area contributed by atoms with E-state index < -0.39 is 11.7 Å². The van der Waals surface area contributed by atoms with E-state index in [-0.39, 0.29) is 0 Å². The van der Waals surface area contributed by atoms with Crippen LogP contribution in [0.2, 0.25) is 0 Å². The third-order valence-electron chi connectivity index (χ3n) is 6.23. The van der Waals surface area contributed by atoms with Gasteiger partial charge in [-0.15, -0.1) is 10.2 Å². The van der Waals surface area contributed by atoms with Gasteiger partial charge in [0.15, 0.2) is 11.0 Å². The van der Waals surface area contributed by atoms with Crippen molar-refractivity contribution >= 4 is 39.5 Å². The third kappa shape index (κ3) is 6.19. The molecule has 0 unspecified atom stereocenters. The van der Waals surface area contributed by atoms with Crippen LogP contribution in [0.15, 0.2) is 78.1 Å². The average Bonchev–Trinajstić information content (AvgIpc) is 3.49. The number of carbonyl (C=O) groups is 1. The number of rotatable bonds is 9. The molecule has 2 aromatic heterocycles. The molecule has 0 saturated carbocycles. The van der Waals surface area contributed by atoms with E-state index in [9.17, 15) is 4.79 Å². The number of alkyl carbamates (subject to hydrolysis) is 1. The first-order valence-corrected chi connectivity index (χ1v) is 13.9. The SMILES string of the molecule is CC(C)(C)OC(=O)NCCCn1c(SCCc2c[nH]c3ccccc23)nnc1-c1ccc2ccccc2c1. The zero-order valence-corrected chi connectivity index (χ0v) is 22.8. The number of carbonyl (C=O) groups excluding carboxylic acids is 1. The number of aryl methyl sites for hydroxylation is 1. The first-order valence-electron chi connectivity index (χ1n) is 12.9. The van der Waals surface area contributed by atoms with E-state index in [1.807, 2.05) is 39.0 Å². The minimum Gasteiger partial charge on any atom is -0.444 e. The van der Waals surface area contributed by atoms with Gasteiger partial charge in [0, 0.05) is 41.5 Å². The van der Waals surface area contributed by atoms with Crippen LogP contribution in [0.3, 0.4) is 0 Å². The molecule has 0 aliphatic carbocycles. The zero-order chi connectivity index (χ0) is 26.5. The molecule has 0 aliphatic rings. The molecule has 1 amide bonds. The van der Waals surface area contributed by atoms with Crippen molar-refractivity contribution in [1.82, 2.24) is 25.1 Å². The molecule has 0 aliphatic heterocycles. The van der Waals surface area contributed by atoms with Gasteiger partial charge in [-0.2, -0.15) is 0 Å². The number of amides is 1. The number of hydrogen-bond donors (Lipinski definition) is 2. The maximum absolute atomic E-state index is 12.1. The molecule has 5 rings (SSSR count). The van der Waals surface area contributed by atoms with Crippen molar-refractivity contribution in [3.63, 3.8) is 0 Å². The molecule has 0 saturated heterocycles. The van der Waals surface area contributed by atoms with E-state index in [1.165, 1.54) is 21.7 Å². The van der Waals surface area contributed by atoms with Gasteiger partial charge in [0.1, 0.15) is 5.60 Å². The molecular weight excluding hydrogens is 494 g/mol. The summed E-state index contributed by atoms with van der Waals surface area (Å²) in [5.41, 5.74) is 2.97. The number of thioether (sulfide) groups is 1. The summed E-state index contributed by atoms with van der Waals surface area (Å²) in [5.74, 6) is 1.72. The largest absolute Gasteiger partial charge is 0.444 e. The molecular formula is C30H33N5O2S. The molecule has 3 aromatic carbocycles. The van der Waals surface area contributed by atoms with Crippen LogP contribution in [0.4, 0.5) is 4.79 Å². The van der Waals surface area contributed by atoms with Crippen LogP contribution in [0.1, 0.15) is 32.8 Å². The monoisotopic (exact) mass is 527 g/mol. The second-order valence-electron chi connectivity index (χ2n) is 10.3. The second-order valence-corrected chi connectivity index (χ2v) is 11.3. The predicted octanol–water partition coefficient (Wildman–Crippen LogP) is 6.83. The number of nitrogens with one attached hydrogen (secondary N) is 2. The number of ether oxygens (including phenoxy) is 1.